The third-order valence-electron chi connectivity index (χ3n) is 7.87. The molecule has 0 N–H and O–H groups in total. The molecule has 0 fully saturated rings. The van der Waals surface area contributed by atoms with Gasteiger partial charge in [0.1, 0.15) is 0 Å². The van der Waals surface area contributed by atoms with Crippen LogP contribution in [0.3, 0.4) is 0 Å². The molecule has 1 nitrogen and oxygen atoms in total. The van der Waals surface area contributed by atoms with Crippen LogP contribution in [0.1, 0.15) is 0 Å². The maximum Gasteiger partial charge on any atom is 0.0540 e. The highest BCUT2D eigenvalue weighted by molar-refractivity contribution is 5.90. The van der Waals surface area contributed by atoms with Crippen molar-refractivity contribution in [3.05, 3.63) is 188 Å². The zero-order valence-electron chi connectivity index (χ0n) is 23.8. The van der Waals surface area contributed by atoms with E-state index in [0.717, 1.165) is 17.1 Å². The fraction of sp³-hybridized carbons (Fsp3) is 0. The average Bonchev–Trinajstić information content (AvgIpc) is 3.10. The summed E-state index contributed by atoms with van der Waals surface area (Å²) in [4.78, 5) is 2.39. The molecule has 0 spiro atoms. The Labute approximate surface area is 254 Å². The molecule has 0 aliphatic heterocycles. The van der Waals surface area contributed by atoms with Gasteiger partial charge in [-0.05, 0) is 69.3 Å². The second-order valence-corrected chi connectivity index (χ2v) is 10.6. The molecule has 0 saturated carbocycles. The van der Waals surface area contributed by atoms with Crippen LogP contribution < -0.4 is 4.90 Å². The van der Waals surface area contributed by atoms with Crippen molar-refractivity contribution in [1.29, 1.82) is 0 Å². The molecule has 0 saturated heterocycles. The summed E-state index contributed by atoms with van der Waals surface area (Å²) in [6.45, 7) is 0. The second-order valence-electron chi connectivity index (χ2n) is 10.6. The predicted octanol–water partition coefficient (Wildman–Crippen LogP) is 11.8. The van der Waals surface area contributed by atoms with Crippen molar-refractivity contribution >= 4 is 17.1 Å². The minimum absolute atomic E-state index is 1.11. The summed E-state index contributed by atoms with van der Waals surface area (Å²) in [5, 5.41) is 0. The molecule has 7 aromatic rings. The highest BCUT2D eigenvalue weighted by atomic mass is 15.1. The molecule has 1 heteroatoms. The van der Waals surface area contributed by atoms with Crippen molar-refractivity contribution in [3.8, 4) is 44.5 Å². The van der Waals surface area contributed by atoms with Crippen LogP contribution in [-0.4, -0.2) is 0 Å². The standard InChI is InChI=1S/C42H31N/c1-4-14-32(15-5-1)35-26-28-36(29-27-35)41-24-10-11-25-42(41)43(39-22-12-20-37(30-39)33-16-6-2-7-17-33)40-23-13-21-38(31-40)34-18-8-3-9-19-34/h1-31H. The third-order valence-corrected chi connectivity index (χ3v) is 7.87. The van der Waals surface area contributed by atoms with E-state index in [1.54, 1.807) is 0 Å². The van der Waals surface area contributed by atoms with Crippen LogP contribution in [0.15, 0.2) is 188 Å². The first kappa shape index (κ1) is 26.3. The van der Waals surface area contributed by atoms with Crippen LogP contribution in [0.25, 0.3) is 44.5 Å². The van der Waals surface area contributed by atoms with Gasteiger partial charge in [0.15, 0.2) is 0 Å². The van der Waals surface area contributed by atoms with E-state index in [1.165, 1.54) is 44.5 Å². The topological polar surface area (TPSA) is 3.24 Å². The summed E-state index contributed by atoms with van der Waals surface area (Å²) in [7, 11) is 0. The fourth-order valence-electron chi connectivity index (χ4n) is 5.72. The lowest BCUT2D eigenvalue weighted by Gasteiger charge is -2.29. The number of benzene rings is 7. The normalized spacial score (nSPS) is 10.8. The third kappa shape index (κ3) is 5.62. The first-order chi connectivity index (χ1) is 21.3. The van der Waals surface area contributed by atoms with Crippen LogP contribution in [0.5, 0.6) is 0 Å². The van der Waals surface area contributed by atoms with E-state index in [2.05, 4.69) is 193 Å². The Kier molecular flexibility index (Phi) is 7.36. The SMILES string of the molecule is c1ccc(-c2ccc(-c3ccccc3N(c3cccc(-c4ccccc4)c3)c3cccc(-c4ccccc4)c3)cc2)cc1. The lowest BCUT2D eigenvalue weighted by Crippen LogP contribution is -2.11. The molecule has 0 amide bonds. The summed E-state index contributed by atoms with van der Waals surface area (Å²) >= 11 is 0. The number of hydrogen-bond donors (Lipinski definition) is 0. The highest BCUT2D eigenvalue weighted by Crippen LogP contribution is 2.43. The van der Waals surface area contributed by atoms with Crippen LogP contribution in [0.2, 0.25) is 0 Å². The Morgan fingerprint density at radius 1 is 0.256 bits per heavy atom. The molecule has 43 heavy (non-hydrogen) atoms. The van der Waals surface area contributed by atoms with E-state index in [1.807, 2.05) is 0 Å². The van der Waals surface area contributed by atoms with Crippen molar-refractivity contribution in [2.24, 2.45) is 0 Å². The largest absolute Gasteiger partial charge is 0.310 e. The van der Waals surface area contributed by atoms with Crippen LogP contribution >= 0.6 is 0 Å². The lowest BCUT2D eigenvalue weighted by atomic mass is 9.97. The van der Waals surface area contributed by atoms with Crippen molar-refractivity contribution in [3.63, 3.8) is 0 Å². The van der Waals surface area contributed by atoms with Gasteiger partial charge < -0.3 is 4.90 Å². The fourth-order valence-corrected chi connectivity index (χ4v) is 5.72. The Balaban J connectivity index is 1.38. The highest BCUT2D eigenvalue weighted by Gasteiger charge is 2.18. The minimum Gasteiger partial charge on any atom is -0.310 e. The molecule has 7 aromatic carbocycles. The van der Waals surface area contributed by atoms with Crippen LogP contribution in [-0.2, 0) is 0 Å². The summed E-state index contributed by atoms with van der Waals surface area (Å²) < 4.78 is 0. The second kappa shape index (κ2) is 12.1. The van der Waals surface area contributed by atoms with Gasteiger partial charge in [-0.15, -0.1) is 0 Å². The smallest absolute Gasteiger partial charge is 0.0540 e. The van der Waals surface area contributed by atoms with Crippen LogP contribution in [0.4, 0.5) is 17.1 Å². The number of rotatable bonds is 7. The van der Waals surface area contributed by atoms with Gasteiger partial charge >= 0.3 is 0 Å². The summed E-state index contributed by atoms with van der Waals surface area (Å²) in [5.41, 5.74) is 12.9. The number of hydrogen-bond acceptors (Lipinski definition) is 1. The monoisotopic (exact) mass is 549 g/mol. The Hall–Kier alpha value is -5.66. The van der Waals surface area contributed by atoms with Crippen molar-refractivity contribution in [2.45, 2.75) is 0 Å². The summed E-state index contributed by atoms with van der Waals surface area (Å²) in [5.74, 6) is 0. The molecular weight excluding hydrogens is 518 g/mol. The van der Waals surface area contributed by atoms with Crippen molar-refractivity contribution < 1.29 is 0 Å². The van der Waals surface area contributed by atoms with Gasteiger partial charge in [0.25, 0.3) is 0 Å². The van der Waals surface area contributed by atoms with Gasteiger partial charge in [-0.2, -0.15) is 0 Å². The van der Waals surface area contributed by atoms with E-state index in [-0.39, 0.29) is 0 Å². The minimum atomic E-state index is 1.11. The number of para-hydroxylation sites is 1. The molecule has 0 radical (unpaired) electrons. The quantitative estimate of drug-likeness (QED) is 0.191. The molecule has 7 rings (SSSR count). The molecule has 0 aromatic heterocycles. The first-order valence-corrected chi connectivity index (χ1v) is 14.7. The Morgan fingerprint density at radius 2 is 0.628 bits per heavy atom. The van der Waals surface area contributed by atoms with Gasteiger partial charge in [-0.1, -0.05) is 158 Å². The predicted molar refractivity (Wildman–Crippen MR) is 183 cm³/mol. The Morgan fingerprint density at radius 3 is 1.14 bits per heavy atom. The van der Waals surface area contributed by atoms with E-state index < -0.39 is 0 Å². The molecule has 0 aliphatic carbocycles. The van der Waals surface area contributed by atoms with Gasteiger partial charge in [0, 0.05) is 16.9 Å². The van der Waals surface area contributed by atoms with Gasteiger partial charge in [0.05, 0.1) is 5.69 Å². The van der Waals surface area contributed by atoms with Gasteiger partial charge in [-0.3, -0.25) is 0 Å². The van der Waals surface area contributed by atoms with Crippen LogP contribution in [0, 0.1) is 0 Å². The first-order valence-electron chi connectivity index (χ1n) is 14.7. The van der Waals surface area contributed by atoms with Gasteiger partial charge in [-0.25, -0.2) is 0 Å². The van der Waals surface area contributed by atoms with E-state index in [9.17, 15) is 0 Å². The molecule has 0 unspecified atom stereocenters. The number of anilines is 3. The van der Waals surface area contributed by atoms with Crippen molar-refractivity contribution in [1.82, 2.24) is 0 Å². The zero-order chi connectivity index (χ0) is 28.8. The molecule has 0 bridgehead atoms. The van der Waals surface area contributed by atoms with Gasteiger partial charge in [0.2, 0.25) is 0 Å². The zero-order valence-corrected chi connectivity index (χ0v) is 23.8. The molecular formula is C42H31N. The molecule has 0 heterocycles. The maximum absolute atomic E-state index is 2.39. The average molecular weight is 550 g/mol. The number of nitrogens with zero attached hydrogens (tertiary/aromatic N) is 1. The molecule has 204 valence electrons. The molecule has 0 atom stereocenters. The van der Waals surface area contributed by atoms with E-state index in [4.69, 9.17) is 0 Å². The molecule has 0 aliphatic rings. The van der Waals surface area contributed by atoms with Crippen molar-refractivity contribution in [2.75, 3.05) is 4.90 Å². The van der Waals surface area contributed by atoms with E-state index >= 15 is 0 Å². The Bertz CT molecular complexity index is 1860. The summed E-state index contributed by atoms with van der Waals surface area (Å²) in [6, 6.07) is 67.0. The maximum atomic E-state index is 2.39. The summed E-state index contributed by atoms with van der Waals surface area (Å²) in [6.07, 6.45) is 0. The van der Waals surface area contributed by atoms with E-state index in [0.29, 0.717) is 0 Å². The lowest BCUT2D eigenvalue weighted by molar-refractivity contribution is 1.28.